The third-order valence-electron chi connectivity index (χ3n) is 0.730. The molecule has 0 radical (unpaired) electrons. The Balaban J connectivity index is -0.000000117. The second-order valence-electron chi connectivity index (χ2n) is 1.42. The Hall–Kier alpha value is -0.530. The predicted octanol–water partition coefficient (Wildman–Crippen LogP) is 3.51. The molecular weight excluding hydrogens is 150 g/mol. The molecule has 1 atom stereocenters. The monoisotopic (exact) mass is 175 g/mol. The molecule has 1 rings (SSSR count). The first kappa shape index (κ1) is 17.5. The molecule has 0 aromatic rings. The molecule has 1 unspecified atom stereocenters. The van der Waals surface area contributed by atoms with E-state index in [0.29, 0.717) is 6.10 Å². The van der Waals surface area contributed by atoms with Crippen molar-refractivity contribution in [3.05, 3.63) is 0 Å². The van der Waals surface area contributed by atoms with Gasteiger partial charge in [-0.15, -0.1) is 0 Å². The maximum atomic E-state index is 4.86. The standard InChI is InChI=1S/C4H7NO.3C2H6/c1-4-2-5-3-6-4;3*1-2/h3-4H,2H2,1H3;3*1-2H3. The Morgan fingerprint density at radius 2 is 1.50 bits per heavy atom. The summed E-state index contributed by atoms with van der Waals surface area (Å²) in [5, 5.41) is 0. The second kappa shape index (κ2) is 22.4. The highest BCUT2D eigenvalue weighted by Crippen LogP contribution is 1.93. The fourth-order valence-corrected chi connectivity index (χ4v) is 0.381. The van der Waals surface area contributed by atoms with Gasteiger partial charge < -0.3 is 4.74 Å². The van der Waals surface area contributed by atoms with Gasteiger partial charge in [0, 0.05) is 0 Å². The van der Waals surface area contributed by atoms with Crippen molar-refractivity contribution in [2.75, 3.05) is 6.54 Å². The van der Waals surface area contributed by atoms with E-state index in [1.807, 2.05) is 48.5 Å². The maximum Gasteiger partial charge on any atom is 0.170 e. The number of aliphatic imine (C=N–C) groups is 1. The summed E-state index contributed by atoms with van der Waals surface area (Å²) in [5.74, 6) is 0. The van der Waals surface area contributed by atoms with E-state index in [2.05, 4.69) is 4.99 Å². The summed E-state index contributed by atoms with van der Waals surface area (Å²) >= 11 is 0. The van der Waals surface area contributed by atoms with Crippen LogP contribution in [0.2, 0.25) is 0 Å². The number of ether oxygens (including phenoxy) is 1. The minimum atomic E-state index is 0.324. The van der Waals surface area contributed by atoms with Crippen LogP contribution in [0, 0.1) is 0 Å². The minimum Gasteiger partial charge on any atom is -0.479 e. The molecule has 0 amide bonds. The van der Waals surface area contributed by atoms with E-state index in [4.69, 9.17) is 4.74 Å². The van der Waals surface area contributed by atoms with Gasteiger partial charge in [0.1, 0.15) is 6.10 Å². The van der Waals surface area contributed by atoms with Crippen molar-refractivity contribution in [1.82, 2.24) is 0 Å². The highest BCUT2D eigenvalue weighted by Gasteiger charge is 2.01. The molecule has 0 aliphatic carbocycles. The molecule has 76 valence electrons. The summed E-state index contributed by atoms with van der Waals surface area (Å²) in [6.45, 7) is 14.8. The SMILES string of the molecule is CC.CC.CC.CC1CN=CO1. The smallest absolute Gasteiger partial charge is 0.170 e. The second-order valence-corrected chi connectivity index (χ2v) is 1.42. The van der Waals surface area contributed by atoms with Crippen molar-refractivity contribution in [3.63, 3.8) is 0 Å². The lowest BCUT2D eigenvalue weighted by Gasteiger charge is -1.94. The fourth-order valence-electron chi connectivity index (χ4n) is 0.381. The maximum absolute atomic E-state index is 4.86. The number of nitrogens with zero attached hydrogens (tertiary/aromatic N) is 1. The van der Waals surface area contributed by atoms with Crippen LogP contribution in [0.25, 0.3) is 0 Å². The van der Waals surface area contributed by atoms with Crippen LogP contribution in [-0.2, 0) is 4.74 Å². The third-order valence-corrected chi connectivity index (χ3v) is 0.730. The molecule has 1 aliphatic heterocycles. The fraction of sp³-hybridized carbons (Fsp3) is 0.900. The van der Waals surface area contributed by atoms with Gasteiger partial charge in [-0.2, -0.15) is 0 Å². The molecule has 0 aromatic heterocycles. The summed E-state index contributed by atoms with van der Waals surface area (Å²) in [4.78, 5) is 3.82. The van der Waals surface area contributed by atoms with Crippen LogP contribution in [0.4, 0.5) is 0 Å². The van der Waals surface area contributed by atoms with Crippen molar-refractivity contribution in [1.29, 1.82) is 0 Å². The average molecular weight is 175 g/mol. The number of rotatable bonds is 0. The summed E-state index contributed by atoms with van der Waals surface area (Å²) in [5.41, 5.74) is 0. The van der Waals surface area contributed by atoms with Gasteiger partial charge in [-0.05, 0) is 6.92 Å². The van der Waals surface area contributed by atoms with E-state index >= 15 is 0 Å². The molecule has 0 saturated carbocycles. The molecule has 12 heavy (non-hydrogen) atoms. The average Bonchev–Trinajstić information content (AvgIpc) is 2.66. The molecule has 0 spiro atoms. The lowest BCUT2D eigenvalue weighted by atomic mass is 10.4. The predicted molar refractivity (Wildman–Crippen MR) is 58.0 cm³/mol. The van der Waals surface area contributed by atoms with Crippen LogP contribution in [0.15, 0.2) is 4.99 Å². The van der Waals surface area contributed by atoms with Crippen molar-refractivity contribution in [2.24, 2.45) is 4.99 Å². The molecule has 0 bridgehead atoms. The first-order valence-corrected chi connectivity index (χ1v) is 5.03. The zero-order chi connectivity index (χ0) is 10.4. The lowest BCUT2D eigenvalue weighted by Crippen LogP contribution is -2.01. The molecule has 1 aliphatic rings. The Labute approximate surface area is 78.0 Å². The van der Waals surface area contributed by atoms with Crippen molar-refractivity contribution >= 4 is 6.40 Å². The van der Waals surface area contributed by atoms with Crippen molar-refractivity contribution in [3.8, 4) is 0 Å². The van der Waals surface area contributed by atoms with E-state index in [9.17, 15) is 0 Å². The van der Waals surface area contributed by atoms with Gasteiger partial charge >= 0.3 is 0 Å². The summed E-state index contributed by atoms with van der Waals surface area (Å²) in [6, 6.07) is 0. The first-order valence-electron chi connectivity index (χ1n) is 5.03. The topological polar surface area (TPSA) is 21.6 Å². The summed E-state index contributed by atoms with van der Waals surface area (Å²) in [6.07, 6.45) is 1.83. The molecule has 2 heteroatoms. The van der Waals surface area contributed by atoms with Crippen LogP contribution < -0.4 is 0 Å². The molecular formula is C10H25NO. The normalized spacial score (nSPS) is 16.8. The number of hydrogen-bond donors (Lipinski definition) is 0. The molecule has 0 N–H and O–H groups in total. The van der Waals surface area contributed by atoms with E-state index in [1.54, 1.807) is 0 Å². The molecule has 1 heterocycles. The van der Waals surface area contributed by atoms with Crippen LogP contribution in [0.3, 0.4) is 0 Å². The molecule has 0 aromatic carbocycles. The van der Waals surface area contributed by atoms with Crippen LogP contribution >= 0.6 is 0 Å². The van der Waals surface area contributed by atoms with Crippen LogP contribution in [-0.4, -0.2) is 19.0 Å². The van der Waals surface area contributed by atoms with Crippen molar-refractivity contribution < 1.29 is 4.74 Å². The van der Waals surface area contributed by atoms with Gasteiger partial charge in [0.05, 0.1) is 6.54 Å². The summed E-state index contributed by atoms with van der Waals surface area (Å²) in [7, 11) is 0. The number of hydrogen-bond acceptors (Lipinski definition) is 2. The molecule has 2 nitrogen and oxygen atoms in total. The lowest BCUT2D eigenvalue weighted by molar-refractivity contribution is 0.256. The van der Waals surface area contributed by atoms with Gasteiger partial charge in [-0.3, -0.25) is 4.99 Å². The van der Waals surface area contributed by atoms with E-state index in [0.717, 1.165) is 6.54 Å². The minimum absolute atomic E-state index is 0.324. The van der Waals surface area contributed by atoms with Gasteiger partial charge in [0.15, 0.2) is 6.40 Å². The zero-order valence-electron chi connectivity index (χ0n) is 9.72. The Morgan fingerprint density at radius 1 is 1.08 bits per heavy atom. The van der Waals surface area contributed by atoms with E-state index in [1.165, 1.54) is 6.40 Å². The quantitative estimate of drug-likeness (QED) is 0.552. The highest BCUT2D eigenvalue weighted by molar-refractivity contribution is 5.48. The zero-order valence-corrected chi connectivity index (χ0v) is 9.72. The van der Waals surface area contributed by atoms with Crippen LogP contribution in [0.5, 0.6) is 0 Å². The highest BCUT2D eigenvalue weighted by atomic mass is 16.5. The molecule has 0 saturated heterocycles. The van der Waals surface area contributed by atoms with Gasteiger partial charge in [-0.1, -0.05) is 41.5 Å². The van der Waals surface area contributed by atoms with Crippen molar-refractivity contribution in [2.45, 2.75) is 54.6 Å². The Kier molecular flexibility index (Phi) is 32.8. The largest absolute Gasteiger partial charge is 0.479 e. The third kappa shape index (κ3) is 16.2. The first-order chi connectivity index (χ1) is 5.89. The summed E-state index contributed by atoms with van der Waals surface area (Å²) < 4.78 is 4.86. The Bertz CT molecular complexity index is 64.2. The Morgan fingerprint density at radius 3 is 1.58 bits per heavy atom. The van der Waals surface area contributed by atoms with Gasteiger partial charge in [-0.25, -0.2) is 0 Å². The van der Waals surface area contributed by atoms with Crippen LogP contribution in [0.1, 0.15) is 48.5 Å². The van der Waals surface area contributed by atoms with Gasteiger partial charge in [0.2, 0.25) is 0 Å². The van der Waals surface area contributed by atoms with Gasteiger partial charge in [0.25, 0.3) is 0 Å². The van der Waals surface area contributed by atoms with E-state index < -0.39 is 0 Å². The van der Waals surface area contributed by atoms with E-state index in [-0.39, 0.29) is 0 Å². The molecule has 0 fully saturated rings.